The van der Waals surface area contributed by atoms with Gasteiger partial charge in [0.15, 0.2) is 0 Å². The van der Waals surface area contributed by atoms with Crippen LogP contribution in [0, 0.1) is 0 Å². The summed E-state index contributed by atoms with van der Waals surface area (Å²) in [7, 11) is -2.36. The summed E-state index contributed by atoms with van der Waals surface area (Å²) in [6, 6.07) is 17.3. The standard InChI is InChI=1S/C26H28N2O5S/c1-26(2,3)20-8-11-23(12-9-20)34(30,31)28(17-22-6-5-13-33-22)16-19-14-18-7-10-21(32-4)15-24(18)27-25(19)29/h5-15H,16-17H2,1-4H3,(H,27,29). The SMILES string of the molecule is COc1ccc2cc(CN(Cc3ccco3)S(=O)(=O)c3ccc(C(C)(C)C)cc3)c(=O)[nH]c2c1. The predicted molar refractivity (Wildman–Crippen MR) is 131 cm³/mol. The molecule has 0 aliphatic heterocycles. The lowest BCUT2D eigenvalue weighted by molar-refractivity contribution is 0.357. The summed E-state index contributed by atoms with van der Waals surface area (Å²) in [4.78, 5) is 15.8. The molecular formula is C26H28N2O5S. The van der Waals surface area contributed by atoms with Crippen LogP contribution in [-0.2, 0) is 28.5 Å². The smallest absolute Gasteiger partial charge is 0.252 e. The number of hydrogen-bond donors (Lipinski definition) is 1. The Kier molecular flexibility index (Phi) is 6.38. The molecule has 0 amide bonds. The van der Waals surface area contributed by atoms with Crippen molar-refractivity contribution in [2.45, 2.75) is 44.2 Å². The second kappa shape index (κ2) is 9.12. The van der Waals surface area contributed by atoms with E-state index >= 15 is 0 Å². The topological polar surface area (TPSA) is 92.6 Å². The molecule has 7 nitrogen and oxygen atoms in total. The number of methoxy groups -OCH3 is 1. The highest BCUT2D eigenvalue weighted by Crippen LogP contribution is 2.26. The van der Waals surface area contributed by atoms with Gasteiger partial charge in [-0.15, -0.1) is 0 Å². The van der Waals surface area contributed by atoms with Crippen molar-refractivity contribution in [3.05, 3.63) is 94.2 Å². The molecule has 0 aliphatic carbocycles. The van der Waals surface area contributed by atoms with Gasteiger partial charge in [-0.2, -0.15) is 4.31 Å². The van der Waals surface area contributed by atoms with Gasteiger partial charge in [0.05, 0.1) is 30.3 Å². The van der Waals surface area contributed by atoms with Crippen LogP contribution in [0.1, 0.15) is 37.7 Å². The van der Waals surface area contributed by atoms with Crippen LogP contribution in [0.3, 0.4) is 0 Å². The Morgan fingerprint density at radius 1 is 1.00 bits per heavy atom. The number of fused-ring (bicyclic) bond motifs is 1. The normalized spacial score (nSPS) is 12.4. The zero-order valence-electron chi connectivity index (χ0n) is 19.7. The number of furan rings is 1. The third-order valence-electron chi connectivity index (χ3n) is 5.75. The second-order valence-electron chi connectivity index (χ2n) is 9.20. The summed E-state index contributed by atoms with van der Waals surface area (Å²) in [5.74, 6) is 1.11. The summed E-state index contributed by atoms with van der Waals surface area (Å²) in [6.07, 6.45) is 1.49. The molecule has 1 N–H and O–H groups in total. The molecule has 0 spiro atoms. The fraction of sp³-hybridized carbons (Fsp3) is 0.269. The van der Waals surface area contributed by atoms with E-state index in [2.05, 4.69) is 25.8 Å². The number of rotatable bonds is 7. The highest BCUT2D eigenvalue weighted by Gasteiger charge is 2.27. The zero-order valence-corrected chi connectivity index (χ0v) is 20.5. The molecule has 0 bridgehead atoms. The zero-order chi connectivity index (χ0) is 24.5. The molecule has 0 atom stereocenters. The lowest BCUT2D eigenvalue weighted by Crippen LogP contribution is -2.32. The van der Waals surface area contributed by atoms with Crippen LogP contribution in [0.15, 0.2) is 81.0 Å². The molecule has 8 heteroatoms. The highest BCUT2D eigenvalue weighted by atomic mass is 32.2. The van der Waals surface area contributed by atoms with Crippen molar-refractivity contribution in [2.24, 2.45) is 0 Å². The Balaban J connectivity index is 1.73. The molecule has 2 aromatic carbocycles. The van der Waals surface area contributed by atoms with Crippen LogP contribution in [0.25, 0.3) is 10.9 Å². The maximum absolute atomic E-state index is 13.6. The Morgan fingerprint density at radius 3 is 2.35 bits per heavy atom. The lowest BCUT2D eigenvalue weighted by Gasteiger charge is -2.23. The van der Waals surface area contributed by atoms with Gasteiger partial charge in [-0.1, -0.05) is 32.9 Å². The van der Waals surface area contributed by atoms with E-state index in [1.807, 2.05) is 18.2 Å². The Labute approximate surface area is 199 Å². The highest BCUT2D eigenvalue weighted by molar-refractivity contribution is 7.89. The number of aromatic nitrogens is 1. The molecule has 0 saturated heterocycles. The third-order valence-corrected chi connectivity index (χ3v) is 7.55. The van der Waals surface area contributed by atoms with Gasteiger partial charge in [-0.05, 0) is 58.8 Å². The number of nitrogens with zero attached hydrogens (tertiary/aromatic N) is 1. The molecule has 0 saturated carbocycles. The molecule has 2 aromatic heterocycles. The first-order valence-corrected chi connectivity index (χ1v) is 12.3. The van der Waals surface area contributed by atoms with Gasteiger partial charge >= 0.3 is 0 Å². The van der Waals surface area contributed by atoms with Gasteiger partial charge in [-0.25, -0.2) is 8.42 Å². The van der Waals surface area contributed by atoms with Crippen LogP contribution < -0.4 is 10.3 Å². The molecule has 2 heterocycles. The van der Waals surface area contributed by atoms with Gasteiger partial charge in [0.25, 0.3) is 5.56 Å². The van der Waals surface area contributed by atoms with Crippen molar-refractivity contribution < 1.29 is 17.6 Å². The van der Waals surface area contributed by atoms with Crippen molar-refractivity contribution in [2.75, 3.05) is 7.11 Å². The number of hydrogen-bond acceptors (Lipinski definition) is 5. The molecule has 4 aromatic rings. The van der Waals surface area contributed by atoms with E-state index in [0.29, 0.717) is 22.6 Å². The summed E-state index contributed by atoms with van der Waals surface area (Å²) in [6.45, 7) is 6.10. The fourth-order valence-electron chi connectivity index (χ4n) is 3.74. The van der Waals surface area contributed by atoms with E-state index in [9.17, 15) is 13.2 Å². The molecule has 4 rings (SSSR count). The predicted octanol–water partition coefficient (Wildman–Crippen LogP) is 4.82. The van der Waals surface area contributed by atoms with Gasteiger partial charge < -0.3 is 14.1 Å². The largest absolute Gasteiger partial charge is 0.497 e. The molecule has 0 radical (unpaired) electrons. The number of aromatic amines is 1. The first-order chi connectivity index (χ1) is 16.1. The van der Waals surface area contributed by atoms with E-state index in [1.54, 1.807) is 49.6 Å². The molecule has 34 heavy (non-hydrogen) atoms. The van der Waals surface area contributed by atoms with Crippen LogP contribution in [0.5, 0.6) is 5.75 Å². The molecular weight excluding hydrogens is 452 g/mol. The van der Waals surface area contributed by atoms with Crippen molar-refractivity contribution in [1.29, 1.82) is 0 Å². The Hall–Kier alpha value is -3.36. The summed E-state index contributed by atoms with van der Waals surface area (Å²) >= 11 is 0. The van der Waals surface area contributed by atoms with E-state index in [4.69, 9.17) is 9.15 Å². The summed E-state index contributed by atoms with van der Waals surface area (Å²) < 4.78 is 39.2. The number of nitrogens with one attached hydrogen (secondary N) is 1. The van der Waals surface area contributed by atoms with Crippen LogP contribution in [-0.4, -0.2) is 24.8 Å². The molecule has 0 unspecified atom stereocenters. The number of sulfonamides is 1. The van der Waals surface area contributed by atoms with Gasteiger partial charge in [0.2, 0.25) is 10.0 Å². The maximum Gasteiger partial charge on any atom is 0.252 e. The van der Waals surface area contributed by atoms with E-state index in [0.717, 1.165) is 10.9 Å². The third kappa shape index (κ3) is 4.93. The van der Waals surface area contributed by atoms with Crippen molar-refractivity contribution in [3.8, 4) is 5.75 Å². The van der Waals surface area contributed by atoms with Crippen molar-refractivity contribution >= 4 is 20.9 Å². The lowest BCUT2D eigenvalue weighted by atomic mass is 9.87. The molecule has 0 aliphatic rings. The Bertz CT molecular complexity index is 1450. The minimum Gasteiger partial charge on any atom is -0.497 e. The minimum atomic E-state index is -3.92. The van der Waals surface area contributed by atoms with Gasteiger partial charge in [-0.3, -0.25) is 4.79 Å². The van der Waals surface area contributed by atoms with Gasteiger partial charge in [0, 0.05) is 18.2 Å². The average molecular weight is 481 g/mol. The monoisotopic (exact) mass is 480 g/mol. The number of H-pyrrole nitrogens is 1. The van der Waals surface area contributed by atoms with Crippen LogP contribution >= 0.6 is 0 Å². The second-order valence-corrected chi connectivity index (χ2v) is 11.1. The summed E-state index contributed by atoms with van der Waals surface area (Å²) in [5.41, 5.74) is 1.52. The average Bonchev–Trinajstić information content (AvgIpc) is 3.31. The van der Waals surface area contributed by atoms with Crippen molar-refractivity contribution in [1.82, 2.24) is 9.29 Å². The van der Waals surface area contributed by atoms with E-state index in [1.165, 1.54) is 10.6 Å². The van der Waals surface area contributed by atoms with Gasteiger partial charge in [0.1, 0.15) is 11.5 Å². The quantitative estimate of drug-likeness (QED) is 0.409. The first-order valence-electron chi connectivity index (χ1n) is 10.9. The number of benzene rings is 2. The Morgan fingerprint density at radius 2 is 1.74 bits per heavy atom. The van der Waals surface area contributed by atoms with E-state index in [-0.39, 0.29) is 29.0 Å². The number of pyridine rings is 1. The summed E-state index contributed by atoms with van der Waals surface area (Å²) in [5, 5.41) is 0.778. The maximum atomic E-state index is 13.6. The van der Waals surface area contributed by atoms with Crippen LogP contribution in [0.2, 0.25) is 0 Å². The fourth-order valence-corrected chi connectivity index (χ4v) is 5.12. The van der Waals surface area contributed by atoms with Crippen molar-refractivity contribution in [3.63, 3.8) is 0 Å². The number of ether oxygens (including phenoxy) is 1. The first kappa shape index (κ1) is 23.8. The van der Waals surface area contributed by atoms with E-state index < -0.39 is 10.0 Å². The molecule has 0 fully saturated rings. The molecule has 178 valence electrons. The van der Waals surface area contributed by atoms with Crippen LogP contribution in [0.4, 0.5) is 0 Å². The minimum absolute atomic E-state index is 0.00353.